The van der Waals surface area contributed by atoms with Crippen LogP contribution in [-0.4, -0.2) is 24.3 Å². The highest BCUT2D eigenvalue weighted by Crippen LogP contribution is 2.31. The van der Waals surface area contributed by atoms with Crippen LogP contribution < -0.4 is 15.2 Å². The van der Waals surface area contributed by atoms with E-state index >= 15 is 0 Å². The van der Waals surface area contributed by atoms with E-state index in [4.69, 9.17) is 20.3 Å². The minimum Gasteiger partial charge on any atom is -0.493 e. The van der Waals surface area contributed by atoms with Gasteiger partial charge in [-0.25, -0.2) is 4.79 Å². The molecule has 0 aromatic heterocycles. The third-order valence-electron chi connectivity index (χ3n) is 2.81. The van der Waals surface area contributed by atoms with Gasteiger partial charge in [-0.3, -0.25) is 0 Å². The maximum atomic E-state index is 11.1. The third-order valence-corrected chi connectivity index (χ3v) is 2.81. The van der Waals surface area contributed by atoms with Crippen molar-refractivity contribution in [2.24, 2.45) is 5.73 Å². The zero-order valence-electron chi connectivity index (χ0n) is 11.6. The molecule has 0 saturated carbocycles. The molecule has 0 heterocycles. The fraction of sp³-hybridized carbons (Fsp3) is 0.500. The summed E-state index contributed by atoms with van der Waals surface area (Å²) >= 11 is 0. The van der Waals surface area contributed by atoms with Crippen LogP contribution in [-0.2, 0) is 4.79 Å². The van der Waals surface area contributed by atoms with Crippen LogP contribution in [0.15, 0.2) is 18.2 Å². The first-order valence-electron chi connectivity index (χ1n) is 6.32. The zero-order chi connectivity index (χ0) is 14.4. The van der Waals surface area contributed by atoms with Crippen molar-refractivity contribution in [3.8, 4) is 11.5 Å². The number of carboxylic acids is 1. The molecule has 0 amide bonds. The SMILES string of the molecule is CCCC(Oc1ccc(C(C)N)cc1OC)C(=O)O. The molecule has 2 atom stereocenters. The number of ether oxygens (including phenoxy) is 2. The third kappa shape index (κ3) is 4.13. The zero-order valence-corrected chi connectivity index (χ0v) is 11.6. The van der Waals surface area contributed by atoms with Gasteiger partial charge in [0.1, 0.15) is 0 Å². The number of benzene rings is 1. The lowest BCUT2D eigenvalue weighted by Gasteiger charge is -2.18. The summed E-state index contributed by atoms with van der Waals surface area (Å²) < 4.78 is 10.7. The molecule has 0 fully saturated rings. The minimum absolute atomic E-state index is 0.117. The lowest BCUT2D eigenvalue weighted by atomic mass is 10.1. The lowest BCUT2D eigenvalue weighted by Crippen LogP contribution is -2.26. The Balaban J connectivity index is 2.96. The first-order valence-corrected chi connectivity index (χ1v) is 6.32. The Morgan fingerprint density at radius 1 is 1.42 bits per heavy atom. The molecule has 5 nitrogen and oxygen atoms in total. The summed E-state index contributed by atoms with van der Waals surface area (Å²) in [6, 6.07) is 5.16. The summed E-state index contributed by atoms with van der Waals surface area (Å²) in [5.74, 6) is -0.0509. The van der Waals surface area contributed by atoms with Gasteiger partial charge in [0, 0.05) is 6.04 Å². The summed E-state index contributed by atoms with van der Waals surface area (Å²) in [4.78, 5) is 11.1. The second-order valence-electron chi connectivity index (χ2n) is 4.43. The molecule has 106 valence electrons. The van der Waals surface area contributed by atoms with Gasteiger partial charge in [0.25, 0.3) is 0 Å². The highest BCUT2D eigenvalue weighted by Gasteiger charge is 2.20. The molecule has 0 radical (unpaired) electrons. The minimum atomic E-state index is -0.972. The molecule has 3 N–H and O–H groups in total. The molecule has 0 aliphatic heterocycles. The van der Waals surface area contributed by atoms with E-state index in [0.29, 0.717) is 17.9 Å². The van der Waals surface area contributed by atoms with Gasteiger partial charge < -0.3 is 20.3 Å². The maximum Gasteiger partial charge on any atom is 0.344 e. The molecule has 1 aromatic carbocycles. The van der Waals surface area contributed by atoms with E-state index in [1.807, 2.05) is 19.9 Å². The summed E-state index contributed by atoms with van der Waals surface area (Å²) in [5, 5.41) is 9.09. The summed E-state index contributed by atoms with van der Waals surface area (Å²) in [6.45, 7) is 3.78. The maximum absolute atomic E-state index is 11.1. The molecular formula is C14H21NO4. The molecule has 0 bridgehead atoms. The van der Waals surface area contributed by atoms with Crippen molar-refractivity contribution in [1.82, 2.24) is 0 Å². The molecule has 0 spiro atoms. The lowest BCUT2D eigenvalue weighted by molar-refractivity contribution is -0.145. The molecule has 2 unspecified atom stereocenters. The normalized spacial score (nSPS) is 13.7. The Kier molecular flexibility index (Phi) is 5.63. The van der Waals surface area contributed by atoms with E-state index in [1.54, 1.807) is 12.1 Å². The van der Waals surface area contributed by atoms with Crippen molar-refractivity contribution >= 4 is 5.97 Å². The Bertz CT molecular complexity index is 431. The van der Waals surface area contributed by atoms with E-state index in [-0.39, 0.29) is 6.04 Å². The molecule has 5 heteroatoms. The van der Waals surface area contributed by atoms with Crippen LogP contribution in [0.25, 0.3) is 0 Å². The van der Waals surface area contributed by atoms with Crippen LogP contribution in [0.3, 0.4) is 0 Å². The quantitative estimate of drug-likeness (QED) is 0.792. The highest BCUT2D eigenvalue weighted by molar-refractivity contribution is 5.72. The standard InChI is InChI=1S/C14H21NO4/c1-4-5-12(14(16)17)19-11-7-6-10(9(2)15)8-13(11)18-3/h6-9,12H,4-5,15H2,1-3H3,(H,16,17). The molecule has 0 aliphatic rings. The largest absolute Gasteiger partial charge is 0.493 e. The first kappa shape index (κ1) is 15.3. The monoisotopic (exact) mass is 267 g/mol. The van der Waals surface area contributed by atoms with E-state index < -0.39 is 12.1 Å². The van der Waals surface area contributed by atoms with Crippen molar-refractivity contribution in [3.63, 3.8) is 0 Å². The number of carboxylic acid groups (broad SMARTS) is 1. The van der Waals surface area contributed by atoms with Gasteiger partial charge in [-0.15, -0.1) is 0 Å². The molecule has 1 aromatic rings. The van der Waals surface area contributed by atoms with Crippen LogP contribution in [0.1, 0.15) is 38.3 Å². The van der Waals surface area contributed by atoms with Crippen LogP contribution in [0.2, 0.25) is 0 Å². The molecule has 0 aliphatic carbocycles. The van der Waals surface area contributed by atoms with Crippen LogP contribution in [0.5, 0.6) is 11.5 Å². The van der Waals surface area contributed by atoms with Crippen LogP contribution in [0, 0.1) is 0 Å². The molecule has 19 heavy (non-hydrogen) atoms. The van der Waals surface area contributed by atoms with E-state index in [0.717, 1.165) is 12.0 Å². The summed E-state index contributed by atoms with van der Waals surface area (Å²) in [5.41, 5.74) is 6.70. The number of hydrogen-bond donors (Lipinski definition) is 2. The fourth-order valence-corrected chi connectivity index (χ4v) is 1.71. The molecule has 0 saturated heterocycles. The second-order valence-corrected chi connectivity index (χ2v) is 4.43. The Morgan fingerprint density at radius 2 is 2.11 bits per heavy atom. The number of rotatable bonds is 7. The van der Waals surface area contributed by atoms with Crippen molar-refractivity contribution in [3.05, 3.63) is 23.8 Å². The number of aliphatic carboxylic acids is 1. The van der Waals surface area contributed by atoms with Crippen molar-refractivity contribution in [1.29, 1.82) is 0 Å². The van der Waals surface area contributed by atoms with Crippen molar-refractivity contribution in [2.45, 2.75) is 38.8 Å². The smallest absolute Gasteiger partial charge is 0.344 e. The topological polar surface area (TPSA) is 81.8 Å². The Hall–Kier alpha value is -1.75. The van der Waals surface area contributed by atoms with Gasteiger partial charge in [-0.1, -0.05) is 19.4 Å². The average molecular weight is 267 g/mol. The van der Waals surface area contributed by atoms with E-state index in [2.05, 4.69) is 0 Å². The van der Waals surface area contributed by atoms with E-state index in [1.165, 1.54) is 7.11 Å². The van der Waals surface area contributed by atoms with E-state index in [9.17, 15) is 4.79 Å². The van der Waals surface area contributed by atoms with Gasteiger partial charge >= 0.3 is 5.97 Å². The summed E-state index contributed by atoms with van der Waals surface area (Å²) in [6.07, 6.45) is 0.324. The second kappa shape index (κ2) is 6.99. The number of nitrogens with two attached hydrogens (primary N) is 1. The first-order chi connectivity index (χ1) is 8.99. The van der Waals surface area contributed by atoms with Crippen LogP contribution in [0.4, 0.5) is 0 Å². The van der Waals surface area contributed by atoms with Crippen LogP contribution >= 0.6 is 0 Å². The molecule has 1 rings (SSSR count). The fourth-order valence-electron chi connectivity index (χ4n) is 1.71. The number of carbonyl (C=O) groups is 1. The summed E-state index contributed by atoms with van der Waals surface area (Å²) in [7, 11) is 1.52. The molecular weight excluding hydrogens is 246 g/mol. The number of methoxy groups -OCH3 is 1. The van der Waals surface area contributed by atoms with Gasteiger partial charge in [0.15, 0.2) is 17.6 Å². The van der Waals surface area contributed by atoms with Crippen molar-refractivity contribution in [2.75, 3.05) is 7.11 Å². The van der Waals surface area contributed by atoms with Gasteiger partial charge in [0.2, 0.25) is 0 Å². The predicted octanol–water partition coefficient (Wildman–Crippen LogP) is 2.35. The van der Waals surface area contributed by atoms with Gasteiger partial charge in [-0.2, -0.15) is 0 Å². The van der Waals surface area contributed by atoms with Gasteiger partial charge in [0.05, 0.1) is 7.11 Å². The number of hydrogen-bond acceptors (Lipinski definition) is 4. The van der Waals surface area contributed by atoms with Crippen molar-refractivity contribution < 1.29 is 19.4 Å². The Labute approximate surface area is 113 Å². The van der Waals surface area contributed by atoms with Gasteiger partial charge in [-0.05, 0) is 31.0 Å². The highest BCUT2D eigenvalue weighted by atomic mass is 16.5. The predicted molar refractivity (Wildman–Crippen MR) is 72.6 cm³/mol. The average Bonchev–Trinajstić information content (AvgIpc) is 2.38. The Morgan fingerprint density at radius 3 is 2.58 bits per heavy atom.